The van der Waals surface area contributed by atoms with Gasteiger partial charge < -0.3 is 10.1 Å². The van der Waals surface area contributed by atoms with Crippen LogP contribution in [-0.4, -0.2) is 37.1 Å². The van der Waals surface area contributed by atoms with Crippen LogP contribution in [0.4, 0.5) is 4.39 Å². The maximum Gasteiger partial charge on any atom is 0.244 e. The molecule has 0 aliphatic carbocycles. The van der Waals surface area contributed by atoms with Gasteiger partial charge in [0.15, 0.2) is 0 Å². The lowest BCUT2D eigenvalue weighted by atomic mass is 10.1. The Morgan fingerprint density at radius 3 is 2.59 bits per heavy atom. The van der Waals surface area contributed by atoms with Gasteiger partial charge in [-0.3, -0.25) is 9.69 Å². The molecule has 27 heavy (non-hydrogen) atoms. The predicted octanol–water partition coefficient (Wildman–Crippen LogP) is 3.38. The monoisotopic (exact) mass is 368 g/mol. The highest BCUT2D eigenvalue weighted by molar-refractivity contribution is 5.94. The zero-order valence-electron chi connectivity index (χ0n) is 15.6. The number of hydrogen-bond acceptors (Lipinski definition) is 3. The quantitative estimate of drug-likeness (QED) is 0.795. The minimum Gasteiger partial charge on any atom is -0.379 e. The van der Waals surface area contributed by atoms with E-state index < -0.39 is 0 Å². The van der Waals surface area contributed by atoms with Gasteiger partial charge in [-0.05, 0) is 41.3 Å². The van der Waals surface area contributed by atoms with E-state index in [2.05, 4.69) is 22.3 Å². The van der Waals surface area contributed by atoms with Gasteiger partial charge in [0.1, 0.15) is 5.82 Å². The fraction of sp³-hybridized carbons (Fsp3) is 0.318. The largest absolute Gasteiger partial charge is 0.379 e. The highest BCUT2D eigenvalue weighted by Gasteiger charge is 2.10. The Hall–Kier alpha value is -2.50. The summed E-state index contributed by atoms with van der Waals surface area (Å²) >= 11 is 0. The Kier molecular flexibility index (Phi) is 6.74. The SMILES string of the molecule is C/C(=C\C(=O)NCc1cccc(CN2CCOCC2)c1)c1ccc(F)cc1. The van der Waals surface area contributed by atoms with E-state index in [4.69, 9.17) is 4.74 Å². The number of allylic oxidation sites excluding steroid dienone is 1. The zero-order chi connectivity index (χ0) is 19.1. The van der Waals surface area contributed by atoms with Gasteiger partial charge in [0, 0.05) is 32.3 Å². The molecule has 0 spiro atoms. The molecule has 3 rings (SSSR count). The number of ether oxygens (including phenoxy) is 1. The third-order valence-electron chi connectivity index (χ3n) is 4.62. The molecule has 142 valence electrons. The standard InChI is InChI=1S/C22H25FN2O2/c1-17(20-5-7-21(23)8-6-20)13-22(26)24-15-18-3-2-4-19(14-18)16-25-9-11-27-12-10-25/h2-8,13-14H,9-12,15-16H2,1H3,(H,24,26)/b17-13+. The van der Waals surface area contributed by atoms with E-state index in [0.717, 1.165) is 49.5 Å². The van der Waals surface area contributed by atoms with Crippen LogP contribution in [0.3, 0.4) is 0 Å². The molecule has 0 radical (unpaired) electrons. The molecule has 5 heteroatoms. The topological polar surface area (TPSA) is 41.6 Å². The van der Waals surface area contributed by atoms with Crippen molar-refractivity contribution >= 4 is 11.5 Å². The molecule has 4 nitrogen and oxygen atoms in total. The molecule has 0 saturated carbocycles. The molecule has 2 aromatic rings. The highest BCUT2D eigenvalue weighted by atomic mass is 19.1. The molecule has 1 aliphatic heterocycles. The first-order valence-corrected chi connectivity index (χ1v) is 9.20. The van der Waals surface area contributed by atoms with Crippen LogP contribution >= 0.6 is 0 Å². The number of benzene rings is 2. The summed E-state index contributed by atoms with van der Waals surface area (Å²) in [4.78, 5) is 14.6. The summed E-state index contributed by atoms with van der Waals surface area (Å²) in [6.07, 6.45) is 1.55. The van der Waals surface area contributed by atoms with Crippen molar-refractivity contribution in [2.75, 3.05) is 26.3 Å². The van der Waals surface area contributed by atoms with Crippen LogP contribution in [-0.2, 0) is 22.6 Å². The lowest BCUT2D eigenvalue weighted by Crippen LogP contribution is -2.35. The molecule has 0 bridgehead atoms. The van der Waals surface area contributed by atoms with E-state index in [0.29, 0.717) is 6.54 Å². The van der Waals surface area contributed by atoms with Gasteiger partial charge in [0.25, 0.3) is 0 Å². The molecule has 0 unspecified atom stereocenters. The van der Waals surface area contributed by atoms with Gasteiger partial charge in [-0.25, -0.2) is 4.39 Å². The number of carbonyl (C=O) groups excluding carboxylic acids is 1. The van der Waals surface area contributed by atoms with E-state index in [1.807, 2.05) is 19.1 Å². The van der Waals surface area contributed by atoms with Crippen molar-refractivity contribution in [3.05, 3.63) is 77.1 Å². The van der Waals surface area contributed by atoms with Crippen molar-refractivity contribution in [2.45, 2.75) is 20.0 Å². The van der Waals surface area contributed by atoms with Crippen LogP contribution in [0.1, 0.15) is 23.6 Å². The maximum atomic E-state index is 13.0. The van der Waals surface area contributed by atoms with Crippen molar-refractivity contribution in [3.8, 4) is 0 Å². The molecule has 0 atom stereocenters. The molecular formula is C22H25FN2O2. The Bertz CT molecular complexity index is 796. The lowest BCUT2D eigenvalue weighted by molar-refractivity contribution is -0.116. The zero-order valence-corrected chi connectivity index (χ0v) is 15.6. The van der Waals surface area contributed by atoms with Crippen LogP contribution in [0, 0.1) is 5.82 Å². The number of morpholine rings is 1. The molecular weight excluding hydrogens is 343 g/mol. The van der Waals surface area contributed by atoms with Crippen molar-refractivity contribution in [2.24, 2.45) is 0 Å². The van der Waals surface area contributed by atoms with E-state index in [-0.39, 0.29) is 11.7 Å². The summed E-state index contributed by atoms with van der Waals surface area (Å²) in [5.41, 5.74) is 3.94. The van der Waals surface area contributed by atoms with Crippen molar-refractivity contribution in [1.29, 1.82) is 0 Å². The molecule has 2 aromatic carbocycles. The first kappa shape index (κ1) is 19.3. The maximum absolute atomic E-state index is 13.0. The normalized spacial score (nSPS) is 15.6. The van der Waals surface area contributed by atoms with Gasteiger partial charge in [0.05, 0.1) is 13.2 Å². The number of hydrogen-bond donors (Lipinski definition) is 1. The van der Waals surface area contributed by atoms with E-state index in [9.17, 15) is 9.18 Å². The van der Waals surface area contributed by atoms with Crippen molar-refractivity contribution < 1.29 is 13.9 Å². The van der Waals surface area contributed by atoms with Crippen LogP contribution in [0.15, 0.2) is 54.6 Å². The first-order valence-electron chi connectivity index (χ1n) is 9.20. The predicted molar refractivity (Wildman–Crippen MR) is 104 cm³/mol. The molecule has 1 aliphatic rings. The molecule has 0 aromatic heterocycles. The minimum atomic E-state index is -0.284. The second kappa shape index (κ2) is 9.44. The number of amides is 1. The first-order chi connectivity index (χ1) is 13.1. The number of carbonyl (C=O) groups is 1. The van der Waals surface area contributed by atoms with Crippen LogP contribution in [0.25, 0.3) is 5.57 Å². The van der Waals surface area contributed by atoms with Gasteiger partial charge in [-0.1, -0.05) is 36.4 Å². The molecule has 1 heterocycles. The van der Waals surface area contributed by atoms with Gasteiger partial charge in [-0.2, -0.15) is 0 Å². The van der Waals surface area contributed by atoms with E-state index in [1.165, 1.54) is 17.7 Å². The summed E-state index contributed by atoms with van der Waals surface area (Å²) in [6, 6.07) is 14.4. The third kappa shape index (κ3) is 6.01. The number of nitrogens with zero attached hydrogens (tertiary/aromatic N) is 1. The second-order valence-corrected chi connectivity index (χ2v) is 6.76. The number of rotatable bonds is 6. The Morgan fingerprint density at radius 1 is 1.15 bits per heavy atom. The summed E-state index contributed by atoms with van der Waals surface area (Å²) in [6.45, 7) is 6.70. The van der Waals surface area contributed by atoms with Crippen molar-refractivity contribution in [3.63, 3.8) is 0 Å². The summed E-state index contributed by atoms with van der Waals surface area (Å²) in [5.74, 6) is -0.441. The number of nitrogens with one attached hydrogen (secondary N) is 1. The molecule has 1 N–H and O–H groups in total. The Labute approximate surface area is 159 Å². The van der Waals surface area contributed by atoms with Gasteiger partial charge in [-0.15, -0.1) is 0 Å². The van der Waals surface area contributed by atoms with Gasteiger partial charge >= 0.3 is 0 Å². The fourth-order valence-corrected chi connectivity index (χ4v) is 3.09. The third-order valence-corrected chi connectivity index (χ3v) is 4.62. The van der Waals surface area contributed by atoms with Crippen molar-refractivity contribution in [1.82, 2.24) is 10.2 Å². The molecule has 1 saturated heterocycles. The van der Waals surface area contributed by atoms with E-state index in [1.54, 1.807) is 18.2 Å². The summed E-state index contributed by atoms with van der Waals surface area (Å²) in [7, 11) is 0. The van der Waals surface area contributed by atoms with Crippen LogP contribution in [0.5, 0.6) is 0 Å². The molecule has 1 amide bonds. The minimum absolute atomic E-state index is 0.157. The summed E-state index contributed by atoms with van der Waals surface area (Å²) < 4.78 is 18.4. The summed E-state index contributed by atoms with van der Waals surface area (Å²) in [5, 5.41) is 2.92. The lowest BCUT2D eigenvalue weighted by Gasteiger charge is -2.26. The Balaban J connectivity index is 1.54. The Morgan fingerprint density at radius 2 is 1.85 bits per heavy atom. The molecule has 1 fully saturated rings. The van der Waals surface area contributed by atoms with Crippen LogP contribution < -0.4 is 5.32 Å². The smallest absolute Gasteiger partial charge is 0.244 e. The number of halogens is 1. The van der Waals surface area contributed by atoms with Crippen LogP contribution in [0.2, 0.25) is 0 Å². The van der Waals surface area contributed by atoms with E-state index >= 15 is 0 Å². The highest BCUT2D eigenvalue weighted by Crippen LogP contribution is 2.14. The average Bonchev–Trinajstić information content (AvgIpc) is 2.68. The average molecular weight is 368 g/mol. The van der Waals surface area contributed by atoms with Gasteiger partial charge in [0.2, 0.25) is 5.91 Å². The fourth-order valence-electron chi connectivity index (χ4n) is 3.09. The second-order valence-electron chi connectivity index (χ2n) is 6.76.